The summed E-state index contributed by atoms with van der Waals surface area (Å²) < 4.78 is 5.88. The molecule has 0 spiro atoms. The van der Waals surface area contributed by atoms with Gasteiger partial charge in [0.15, 0.2) is 0 Å². The highest BCUT2D eigenvalue weighted by Crippen LogP contribution is 2.28. The molecule has 0 saturated carbocycles. The van der Waals surface area contributed by atoms with Crippen molar-refractivity contribution in [1.29, 1.82) is 0 Å². The van der Waals surface area contributed by atoms with E-state index in [2.05, 4.69) is 26.2 Å². The highest BCUT2D eigenvalue weighted by atomic mass is 79.9. The molecule has 0 bridgehead atoms. The van der Waals surface area contributed by atoms with E-state index < -0.39 is 0 Å². The van der Waals surface area contributed by atoms with Gasteiger partial charge in [-0.1, -0.05) is 0 Å². The number of ether oxygens (including phenoxy) is 1. The lowest BCUT2D eigenvalue weighted by Gasteiger charge is -2.10. The number of carbonyl (C=O) groups is 1. The molecule has 1 heterocycles. The summed E-state index contributed by atoms with van der Waals surface area (Å²) in [6, 6.07) is 6.97. The number of nitrogens with two attached hydrogens (primary N) is 1. The predicted octanol–water partition coefficient (Wildman–Crippen LogP) is 3.00. The van der Waals surface area contributed by atoms with E-state index in [4.69, 9.17) is 10.5 Å². The number of nitrogens with one attached hydrogen (secondary N) is 1. The van der Waals surface area contributed by atoms with Crippen LogP contribution in [0, 0.1) is 6.92 Å². The van der Waals surface area contributed by atoms with Crippen LogP contribution in [-0.2, 0) is 0 Å². The molecule has 2 aromatic rings. The number of rotatable bonds is 3. The average molecular weight is 336 g/mol. The number of hydrogen-bond acceptors (Lipinski definition) is 4. The van der Waals surface area contributed by atoms with Gasteiger partial charge in [-0.05, 0) is 41.1 Å². The van der Waals surface area contributed by atoms with Gasteiger partial charge in [-0.15, -0.1) is 0 Å². The molecule has 6 heteroatoms. The molecule has 1 aromatic heterocycles. The topological polar surface area (TPSA) is 77.2 Å². The minimum absolute atomic E-state index is 0.316. The Morgan fingerprint density at radius 2 is 2.15 bits per heavy atom. The maximum Gasteiger partial charge on any atom is 0.259 e. The summed E-state index contributed by atoms with van der Waals surface area (Å²) >= 11 is 3.37. The molecule has 5 nitrogen and oxygen atoms in total. The van der Waals surface area contributed by atoms with E-state index in [0.29, 0.717) is 22.7 Å². The van der Waals surface area contributed by atoms with E-state index in [1.54, 1.807) is 31.4 Å². The minimum Gasteiger partial charge on any atom is -0.497 e. The molecular weight excluding hydrogens is 322 g/mol. The number of methoxy groups -OCH3 is 1. The Morgan fingerprint density at radius 1 is 1.40 bits per heavy atom. The Labute approximate surface area is 125 Å². The van der Waals surface area contributed by atoms with Gasteiger partial charge in [0.1, 0.15) is 5.75 Å². The molecule has 2 rings (SSSR count). The molecule has 0 aliphatic heterocycles. The molecule has 1 aromatic carbocycles. The van der Waals surface area contributed by atoms with Crippen molar-refractivity contribution in [2.75, 3.05) is 18.2 Å². The first-order chi connectivity index (χ1) is 9.51. The highest BCUT2D eigenvalue weighted by Gasteiger charge is 2.12. The lowest BCUT2D eigenvalue weighted by atomic mass is 10.2. The Kier molecular flexibility index (Phi) is 4.24. The van der Waals surface area contributed by atoms with E-state index >= 15 is 0 Å². The number of aryl methyl sites for hydroxylation is 1. The van der Waals surface area contributed by atoms with Crippen molar-refractivity contribution in [1.82, 2.24) is 4.98 Å². The molecule has 0 fully saturated rings. The molecule has 0 atom stereocenters. The number of anilines is 2. The Morgan fingerprint density at radius 3 is 2.80 bits per heavy atom. The molecule has 3 N–H and O–H groups in total. The van der Waals surface area contributed by atoms with E-state index in [9.17, 15) is 4.79 Å². The first-order valence-electron chi connectivity index (χ1n) is 5.88. The smallest absolute Gasteiger partial charge is 0.259 e. The molecule has 0 aliphatic rings. The summed E-state index contributed by atoms with van der Waals surface area (Å²) in [5.41, 5.74) is 7.94. The predicted molar refractivity (Wildman–Crippen MR) is 82.0 cm³/mol. The second kappa shape index (κ2) is 5.92. The first kappa shape index (κ1) is 14.3. The van der Waals surface area contributed by atoms with Crippen molar-refractivity contribution < 1.29 is 9.53 Å². The fourth-order valence-electron chi connectivity index (χ4n) is 1.69. The zero-order valence-electron chi connectivity index (χ0n) is 11.1. The monoisotopic (exact) mass is 335 g/mol. The van der Waals surface area contributed by atoms with Crippen LogP contribution in [0.2, 0.25) is 0 Å². The molecule has 0 radical (unpaired) electrons. The Hall–Kier alpha value is -2.08. The summed E-state index contributed by atoms with van der Waals surface area (Å²) in [6.07, 6.45) is 1.47. The van der Waals surface area contributed by atoms with Crippen LogP contribution in [0.3, 0.4) is 0 Å². The maximum absolute atomic E-state index is 12.2. The largest absolute Gasteiger partial charge is 0.497 e. The second-order valence-corrected chi connectivity index (χ2v) is 5.07. The lowest BCUT2D eigenvalue weighted by molar-refractivity contribution is 0.102. The van der Waals surface area contributed by atoms with E-state index in [-0.39, 0.29) is 5.91 Å². The van der Waals surface area contributed by atoms with Crippen LogP contribution >= 0.6 is 15.9 Å². The van der Waals surface area contributed by atoms with Gasteiger partial charge < -0.3 is 15.8 Å². The normalized spacial score (nSPS) is 10.2. The number of aromatic nitrogens is 1. The van der Waals surface area contributed by atoms with Crippen LogP contribution < -0.4 is 15.8 Å². The van der Waals surface area contributed by atoms with Crippen LogP contribution in [0.1, 0.15) is 16.1 Å². The Balaban J connectivity index is 2.27. The van der Waals surface area contributed by atoms with Crippen LogP contribution in [0.5, 0.6) is 5.75 Å². The second-order valence-electron chi connectivity index (χ2n) is 4.21. The van der Waals surface area contributed by atoms with Crippen LogP contribution in [0.4, 0.5) is 11.4 Å². The molecule has 0 aliphatic carbocycles. The fraction of sp³-hybridized carbons (Fsp3) is 0.143. The van der Waals surface area contributed by atoms with E-state index in [1.807, 2.05) is 6.92 Å². The number of hydrogen-bond donors (Lipinski definition) is 2. The molecule has 0 unspecified atom stereocenters. The molecule has 0 saturated heterocycles. The van der Waals surface area contributed by atoms with Gasteiger partial charge in [0.25, 0.3) is 5.91 Å². The van der Waals surface area contributed by atoms with Crippen molar-refractivity contribution >= 4 is 33.2 Å². The quantitative estimate of drug-likeness (QED) is 0.903. The Bertz CT molecular complexity index is 659. The molecule has 1 amide bonds. The van der Waals surface area contributed by atoms with Crippen LogP contribution in [-0.4, -0.2) is 18.0 Å². The van der Waals surface area contributed by atoms with Gasteiger partial charge >= 0.3 is 0 Å². The van der Waals surface area contributed by atoms with Crippen LogP contribution in [0.15, 0.2) is 34.9 Å². The number of nitrogens with zero attached hydrogens (tertiary/aromatic N) is 1. The number of nitrogen functional groups attached to an aromatic ring is 1. The third kappa shape index (κ3) is 3.08. The minimum atomic E-state index is -0.316. The van der Waals surface area contributed by atoms with Gasteiger partial charge in [-0.3, -0.25) is 9.78 Å². The van der Waals surface area contributed by atoms with Crippen molar-refractivity contribution in [2.24, 2.45) is 0 Å². The number of halogens is 1. The summed E-state index contributed by atoms with van der Waals surface area (Å²) in [5.74, 6) is 0.336. The van der Waals surface area contributed by atoms with Crippen molar-refractivity contribution in [2.45, 2.75) is 6.92 Å². The maximum atomic E-state index is 12.2. The zero-order chi connectivity index (χ0) is 14.7. The van der Waals surface area contributed by atoms with Crippen molar-refractivity contribution in [3.8, 4) is 5.75 Å². The molecule has 104 valence electrons. The summed E-state index contributed by atoms with van der Waals surface area (Å²) in [5, 5.41) is 2.78. The van der Waals surface area contributed by atoms with Gasteiger partial charge in [-0.25, -0.2) is 0 Å². The van der Waals surface area contributed by atoms with E-state index in [1.165, 1.54) is 6.20 Å². The van der Waals surface area contributed by atoms with Gasteiger partial charge in [0.2, 0.25) is 0 Å². The third-order valence-electron chi connectivity index (χ3n) is 2.74. The van der Waals surface area contributed by atoms with Gasteiger partial charge in [0.05, 0.1) is 18.4 Å². The zero-order valence-corrected chi connectivity index (χ0v) is 12.7. The van der Waals surface area contributed by atoms with E-state index in [0.717, 1.165) is 10.2 Å². The highest BCUT2D eigenvalue weighted by molar-refractivity contribution is 9.10. The third-order valence-corrected chi connectivity index (χ3v) is 3.43. The van der Waals surface area contributed by atoms with Crippen molar-refractivity contribution in [3.05, 3.63) is 46.2 Å². The van der Waals surface area contributed by atoms with Crippen LogP contribution in [0.25, 0.3) is 0 Å². The number of pyridine rings is 1. The fourth-order valence-corrected chi connectivity index (χ4v) is 2.03. The number of benzene rings is 1. The molecular formula is C14H14BrN3O2. The van der Waals surface area contributed by atoms with Gasteiger partial charge in [-0.2, -0.15) is 0 Å². The summed E-state index contributed by atoms with van der Waals surface area (Å²) in [7, 11) is 1.57. The average Bonchev–Trinajstić information content (AvgIpc) is 2.41. The lowest BCUT2D eigenvalue weighted by Crippen LogP contribution is -2.15. The number of carbonyl (C=O) groups excluding carboxylic acids is 1. The van der Waals surface area contributed by atoms with Gasteiger partial charge in [0, 0.05) is 28.1 Å². The SMILES string of the molecule is COc1ccc(Br)c(NC(=O)c2cnc(C)cc2N)c1. The molecule has 20 heavy (non-hydrogen) atoms. The first-order valence-corrected chi connectivity index (χ1v) is 6.67. The summed E-state index contributed by atoms with van der Waals surface area (Å²) in [6.45, 7) is 1.82. The standard InChI is InChI=1S/C14H14BrN3O2/c1-8-5-12(16)10(7-17-8)14(19)18-13-6-9(20-2)3-4-11(13)15/h3-7H,1-2H3,(H2,16,17)(H,18,19). The van der Waals surface area contributed by atoms with Crippen molar-refractivity contribution in [3.63, 3.8) is 0 Å². The summed E-state index contributed by atoms with van der Waals surface area (Å²) in [4.78, 5) is 16.3. The number of amides is 1.